The van der Waals surface area contributed by atoms with E-state index in [2.05, 4.69) is 14.7 Å². The minimum absolute atomic E-state index is 0.0139. The molecule has 0 unspecified atom stereocenters. The van der Waals surface area contributed by atoms with Crippen molar-refractivity contribution in [2.45, 2.75) is 11.4 Å². The fourth-order valence-electron chi connectivity index (χ4n) is 1.95. The lowest BCUT2D eigenvalue weighted by atomic mass is 10.3. The molecule has 3 rings (SSSR count). The van der Waals surface area contributed by atoms with Gasteiger partial charge >= 0.3 is 0 Å². The Bertz CT molecular complexity index is 840. The number of para-hydroxylation sites is 2. The van der Waals surface area contributed by atoms with Crippen molar-refractivity contribution in [3.8, 4) is 0 Å². The van der Waals surface area contributed by atoms with E-state index in [9.17, 15) is 12.8 Å². The Hall–Kier alpha value is -2.25. The number of nitrogens with one attached hydrogen (secondary N) is 2. The van der Waals surface area contributed by atoms with Gasteiger partial charge in [-0.15, -0.1) is 0 Å². The second-order valence-corrected chi connectivity index (χ2v) is 6.25. The Labute approximate surface area is 120 Å². The highest BCUT2D eigenvalue weighted by Crippen LogP contribution is 2.12. The van der Waals surface area contributed by atoms with Gasteiger partial charge in [-0.05, 0) is 36.4 Å². The minimum Gasteiger partial charge on any atom is -0.341 e. The smallest absolute Gasteiger partial charge is 0.240 e. The SMILES string of the molecule is O=S(=O)(NCc1nc2ccccc2[nH]1)c1ccc(F)cc1. The van der Waals surface area contributed by atoms with E-state index in [-0.39, 0.29) is 11.4 Å². The zero-order chi connectivity index (χ0) is 14.9. The second-order valence-electron chi connectivity index (χ2n) is 4.48. The first-order valence-electron chi connectivity index (χ1n) is 6.23. The van der Waals surface area contributed by atoms with Crippen molar-refractivity contribution in [1.82, 2.24) is 14.7 Å². The number of sulfonamides is 1. The lowest BCUT2D eigenvalue weighted by Crippen LogP contribution is -2.23. The molecule has 3 aromatic rings. The quantitative estimate of drug-likeness (QED) is 0.776. The van der Waals surface area contributed by atoms with Crippen LogP contribution in [-0.4, -0.2) is 18.4 Å². The van der Waals surface area contributed by atoms with Gasteiger partial charge in [0.05, 0.1) is 22.5 Å². The van der Waals surface area contributed by atoms with Crippen molar-refractivity contribution in [3.05, 3.63) is 60.2 Å². The first kappa shape index (κ1) is 13.7. The van der Waals surface area contributed by atoms with Gasteiger partial charge in [-0.1, -0.05) is 12.1 Å². The molecule has 0 aliphatic rings. The largest absolute Gasteiger partial charge is 0.341 e. The lowest BCUT2D eigenvalue weighted by molar-refractivity contribution is 0.579. The molecule has 0 saturated carbocycles. The summed E-state index contributed by atoms with van der Waals surface area (Å²) in [4.78, 5) is 7.33. The van der Waals surface area contributed by atoms with E-state index in [1.54, 1.807) is 0 Å². The highest BCUT2D eigenvalue weighted by molar-refractivity contribution is 7.89. The maximum atomic E-state index is 12.8. The van der Waals surface area contributed by atoms with E-state index >= 15 is 0 Å². The number of H-pyrrole nitrogens is 1. The molecular weight excluding hydrogens is 293 g/mol. The van der Waals surface area contributed by atoms with Crippen molar-refractivity contribution >= 4 is 21.1 Å². The first-order valence-corrected chi connectivity index (χ1v) is 7.72. The van der Waals surface area contributed by atoms with Crippen LogP contribution in [-0.2, 0) is 16.6 Å². The molecule has 0 saturated heterocycles. The van der Waals surface area contributed by atoms with E-state index in [1.165, 1.54) is 12.1 Å². The molecule has 0 amide bonds. The van der Waals surface area contributed by atoms with Crippen LogP contribution in [0.3, 0.4) is 0 Å². The molecule has 5 nitrogen and oxygen atoms in total. The van der Waals surface area contributed by atoms with Gasteiger partial charge in [-0.25, -0.2) is 22.5 Å². The number of halogens is 1. The standard InChI is InChI=1S/C14H12FN3O2S/c15-10-5-7-11(8-6-10)21(19,20)16-9-14-17-12-3-1-2-4-13(12)18-14/h1-8,16H,9H2,(H,17,18). The fraction of sp³-hybridized carbons (Fsp3) is 0.0714. The van der Waals surface area contributed by atoms with Gasteiger partial charge in [0.1, 0.15) is 11.6 Å². The van der Waals surface area contributed by atoms with Crippen LogP contribution in [0.25, 0.3) is 11.0 Å². The van der Waals surface area contributed by atoms with Crippen LogP contribution in [0.15, 0.2) is 53.4 Å². The maximum Gasteiger partial charge on any atom is 0.240 e. The number of rotatable bonds is 4. The number of hydrogen-bond donors (Lipinski definition) is 2. The van der Waals surface area contributed by atoms with Crippen LogP contribution in [0.2, 0.25) is 0 Å². The van der Waals surface area contributed by atoms with Gasteiger partial charge in [0.15, 0.2) is 0 Å². The molecule has 0 aliphatic carbocycles. The molecule has 0 fully saturated rings. The van der Waals surface area contributed by atoms with Crippen LogP contribution < -0.4 is 4.72 Å². The van der Waals surface area contributed by atoms with Gasteiger partial charge in [-0.3, -0.25) is 0 Å². The molecule has 2 aromatic carbocycles. The van der Waals surface area contributed by atoms with Crippen LogP contribution in [0.4, 0.5) is 4.39 Å². The van der Waals surface area contributed by atoms with Crippen molar-refractivity contribution in [1.29, 1.82) is 0 Å². The van der Waals surface area contributed by atoms with Crippen molar-refractivity contribution in [2.24, 2.45) is 0 Å². The summed E-state index contributed by atoms with van der Waals surface area (Å²) in [5.74, 6) is 0.0353. The van der Waals surface area contributed by atoms with E-state index in [0.29, 0.717) is 5.82 Å². The van der Waals surface area contributed by atoms with Crippen molar-refractivity contribution in [2.75, 3.05) is 0 Å². The summed E-state index contributed by atoms with van der Waals surface area (Å²) in [6.45, 7) is 0.0361. The third kappa shape index (κ3) is 2.93. The zero-order valence-electron chi connectivity index (χ0n) is 10.9. The molecule has 0 spiro atoms. The Kier molecular flexibility index (Phi) is 3.44. The van der Waals surface area contributed by atoms with E-state index in [1.807, 2.05) is 24.3 Å². The predicted octanol–water partition coefficient (Wildman–Crippen LogP) is 2.18. The Morgan fingerprint density at radius 2 is 1.81 bits per heavy atom. The van der Waals surface area contributed by atoms with Crippen molar-refractivity contribution < 1.29 is 12.8 Å². The molecule has 0 atom stereocenters. The van der Waals surface area contributed by atoms with E-state index in [0.717, 1.165) is 23.2 Å². The molecule has 1 heterocycles. The number of nitrogens with zero attached hydrogens (tertiary/aromatic N) is 1. The van der Waals surface area contributed by atoms with Gasteiger partial charge in [0.25, 0.3) is 0 Å². The highest BCUT2D eigenvalue weighted by Gasteiger charge is 2.14. The second kappa shape index (κ2) is 5.27. The average Bonchev–Trinajstić information content (AvgIpc) is 2.89. The number of aromatic amines is 1. The molecular formula is C14H12FN3O2S. The maximum absolute atomic E-state index is 12.8. The lowest BCUT2D eigenvalue weighted by Gasteiger charge is -2.04. The summed E-state index contributed by atoms with van der Waals surface area (Å²) in [6.07, 6.45) is 0. The van der Waals surface area contributed by atoms with Crippen LogP contribution >= 0.6 is 0 Å². The predicted molar refractivity (Wildman–Crippen MR) is 76.5 cm³/mol. The first-order chi connectivity index (χ1) is 10.0. The summed E-state index contributed by atoms with van der Waals surface area (Å²) < 4.78 is 39.4. The van der Waals surface area contributed by atoms with Crippen LogP contribution in [0, 0.1) is 5.82 Å². The van der Waals surface area contributed by atoms with Gasteiger partial charge < -0.3 is 4.98 Å². The van der Waals surface area contributed by atoms with E-state index < -0.39 is 15.8 Å². The van der Waals surface area contributed by atoms with Crippen molar-refractivity contribution in [3.63, 3.8) is 0 Å². The highest BCUT2D eigenvalue weighted by atomic mass is 32.2. The third-order valence-electron chi connectivity index (χ3n) is 2.99. The molecule has 0 bridgehead atoms. The molecule has 108 valence electrons. The summed E-state index contributed by atoms with van der Waals surface area (Å²) >= 11 is 0. The Morgan fingerprint density at radius 1 is 1.10 bits per heavy atom. The number of imidazole rings is 1. The summed E-state index contributed by atoms with van der Waals surface area (Å²) in [6, 6.07) is 12.1. The molecule has 0 radical (unpaired) electrons. The zero-order valence-corrected chi connectivity index (χ0v) is 11.7. The van der Waals surface area contributed by atoms with Gasteiger partial charge in [0, 0.05) is 0 Å². The molecule has 7 heteroatoms. The van der Waals surface area contributed by atoms with Crippen LogP contribution in [0.1, 0.15) is 5.82 Å². The number of benzene rings is 2. The average molecular weight is 305 g/mol. The Balaban J connectivity index is 1.78. The van der Waals surface area contributed by atoms with Gasteiger partial charge in [-0.2, -0.15) is 0 Å². The van der Waals surface area contributed by atoms with Crippen LogP contribution in [0.5, 0.6) is 0 Å². The third-order valence-corrected chi connectivity index (χ3v) is 4.41. The summed E-state index contributed by atoms with van der Waals surface area (Å²) in [5, 5.41) is 0. The normalized spacial score (nSPS) is 11.9. The Morgan fingerprint density at radius 3 is 2.52 bits per heavy atom. The fourth-order valence-corrected chi connectivity index (χ4v) is 2.94. The molecule has 0 aliphatic heterocycles. The summed E-state index contributed by atoms with van der Waals surface area (Å²) in [7, 11) is -3.69. The van der Waals surface area contributed by atoms with Gasteiger partial charge in [0.2, 0.25) is 10.0 Å². The number of fused-ring (bicyclic) bond motifs is 1. The number of hydrogen-bond acceptors (Lipinski definition) is 3. The van der Waals surface area contributed by atoms with E-state index in [4.69, 9.17) is 0 Å². The molecule has 1 aromatic heterocycles. The monoisotopic (exact) mass is 305 g/mol. The molecule has 2 N–H and O–H groups in total. The number of aromatic nitrogens is 2. The molecule has 21 heavy (non-hydrogen) atoms. The topological polar surface area (TPSA) is 74.8 Å². The minimum atomic E-state index is -3.69. The summed E-state index contributed by atoms with van der Waals surface area (Å²) in [5.41, 5.74) is 1.61.